The second-order valence-electron chi connectivity index (χ2n) is 7.49. The number of fused-ring (bicyclic) bond motifs is 1. The Hall–Kier alpha value is -2.96. The second kappa shape index (κ2) is 7.96. The van der Waals surface area contributed by atoms with Crippen LogP contribution in [0, 0.1) is 6.92 Å². The van der Waals surface area contributed by atoms with Crippen LogP contribution in [0.1, 0.15) is 18.1 Å². The number of nitrogens with zero attached hydrogens (tertiary/aromatic N) is 1. The number of carboxylic acid groups (broad SMARTS) is 1. The van der Waals surface area contributed by atoms with E-state index >= 15 is 0 Å². The molecule has 0 bridgehead atoms. The third kappa shape index (κ3) is 4.30. The molecule has 0 saturated carbocycles. The van der Waals surface area contributed by atoms with E-state index in [2.05, 4.69) is 22.0 Å². The van der Waals surface area contributed by atoms with E-state index in [-0.39, 0.29) is 12.0 Å². The summed E-state index contributed by atoms with van der Waals surface area (Å²) in [5.41, 5.74) is 3.56. The lowest BCUT2D eigenvalue weighted by molar-refractivity contribution is -0.122. The normalized spacial score (nSPS) is 15.4. The molecule has 6 heteroatoms. The zero-order valence-electron chi connectivity index (χ0n) is 16.0. The molecule has 1 aliphatic heterocycles. The smallest absolute Gasteiger partial charge is 0.290 e. The van der Waals surface area contributed by atoms with Crippen LogP contribution < -0.4 is 5.56 Å². The van der Waals surface area contributed by atoms with Crippen LogP contribution in [0.25, 0.3) is 22.0 Å². The van der Waals surface area contributed by atoms with Gasteiger partial charge < -0.3 is 15.2 Å². The van der Waals surface area contributed by atoms with E-state index in [0.29, 0.717) is 13.1 Å². The average Bonchev–Trinajstić information content (AvgIpc) is 2.62. The third-order valence-electron chi connectivity index (χ3n) is 4.91. The monoisotopic (exact) mass is 380 g/mol. The molecule has 0 aliphatic carbocycles. The maximum Gasteiger partial charge on any atom is 0.290 e. The Kier molecular flexibility index (Phi) is 5.63. The lowest BCUT2D eigenvalue weighted by atomic mass is 9.96. The van der Waals surface area contributed by atoms with E-state index in [0.717, 1.165) is 34.1 Å². The van der Waals surface area contributed by atoms with Crippen LogP contribution in [0.5, 0.6) is 0 Å². The number of H-pyrrole nitrogens is 1. The molecule has 6 nitrogen and oxygen atoms in total. The van der Waals surface area contributed by atoms with Gasteiger partial charge in [0.15, 0.2) is 0 Å². The molecule has 1 aliphatic rings. The van der Waals surface area contributed by atoms with Crippen molar-refractivity contribution in [3.05, 3.63) is 70.0 Å². The van der Waals surface area contributed by atoms with Crippen molar-refractivity contribution in [2.24, 2.45) is 0 Å². The maximum atomic E-state index is 12.4. The topological polar surface area (TPSA) is 93.6 Å². The predicted molar refractivity (Wildman–Crippen MR) is 109 cm³/mol. The Labute approximate surface area is 163 Å². The van der Waals surface area contributed by atoms with Crippen molar-refractivity contribution in [3.63, 3.8) is 0 Å². The summed E-state index contributed by atoms with van der Waals surface area (Å²) in [6, 6.07) is 16.1. The molecule has 0 spiro atoms. The van der Waals surface area contributed by atoms with Crippen molar-refractivity contribution < 1.29 is 15.0 Å². The molecule has 146 valence electrons. The van der Waals surface area contributed by atoms with Crippen LogP contribution in [0.3, 0.4) is 0 Å². The van der Waals surface area contributed by atoms with Crippen molar-refractivity contribution in [1.82, 2.24) is 9.88 Å². The van der Waals surface area contributed by atoms with Gasteiger partial charge in [0.05, 0.1) is 5.60 Å². The van der Waals surface area contributed by atoms with Crippen molar-refractivity contribution in [2.45, 2.75) is 26.0 Å². The summed E-state index contributed by atoms with van der Waals surface area (Å²) < 4.78 is 0. The van der Waals surface area contributed by atoms with Gasteiger partial charge in [-0.2, -0.15) is 0 Å². The molecular formula is C22H24N2O4. The van der Waals surface area contributed by atoms with E-state index < -0.39 is 5.60 Å². The molecule has 3 N–H and O–H groups in total. The first kappa shape index (κ1) is 19.8. The van der Waals surface area contributed by atoms with Gasteiger partial charge in [-0.3, -0.25) is 14.5 Å². The quantitative estimate of drug-likeness (QED) is 0.608. The summed E-state index contributed by atoms with van der Waals surface area (Å²) in [7, 11) is 0. The highest BCUT2D eigenvalue weighted by Crippen LogP contribution is 2.25. The maximum absolute atomic E-state index is 12.4. The number of aromatic amines is 1. The highest BCUT2D eigenvalue weighted by molar-refractivity contribution is 5.87. The lowest BCUT2D eigenvalue weighted by Crippen LogP contribution is -2.59. The molecule has 2 aromatic carbocycles. The van der Waals surface area contributed by atoms with E-state index in [1.807, 2.05) is 50.2 Å². The van der Waals surface area contributed by atoms with Crippen molar-refractivity contribution in [1.29, 1.82) is 0 Å². The average molecular weight is 380 g/mol. The van der Waals surface area contributed by atoms with Crippen LogP contribution in [-0.2, 0) is 11.3 Å². The summed E-state index contributed by atoms with van der Waals surface area (Å²) >= 11 is 0. The summed E-state index contributed by atoms with van der Waals surface area (Å²) in [6.07, 6.45) is 0. The number of carbonyl (C=O) groups is 1. The van der Waals surface area contributed by atoms with Crippen molar-refractivity contribution >= 4 is 17.2 Å². The largest absolute Gasteiger partial charge is 0.483 e. The Bertz CT molecular complexity index is 1030. The van der Waals surface area contributed by atoms with E-state index in [1.54, 1.807) is 0 Å². The first-order valence-electron chi connectivity index (χ1n) is 9.07. The van der Waals surface area contributed by atoms with Gasteiger partial charge in [-0.15, -0.1) is 0 Å². The van der Waals surface area contributed by atoms with Crippen LogP contribution in [0.15, 0.2) is 53.3 Å². The zero-order valence-corrected chi connectivity index (χ0v) is 16.0. The fourth-order valence-corrected chi connectivity index (χ4v) is 3.67. The second-order valence-corrected chi connectivity index (χ2v) is 7.49. The molecule has 2 heterocycles. The van der Waals surface area contributed by atoms with Gasteiger partial charge in [-0.05, 0) is 48.1 Å². The number of pyridine rings is 1. The molecule has 3 aromatic rings. The minimum absolute atomic E-state index is 0.0527. The number of rotatable bonds is 3. The standard InChI is InChI=1S/C21H22N2O2.CH2O2/c1-14-4-3-5-17-18(14)10-19(22-20(17)24)16-8-6-15(7-9-16)11-23-12-21(2,25)13-23;2-1-3/h3-10,25H,11-13H2,1-2H3,(H,22,24);1H,(H,2,3). The SMILES string of the molecule is Cc1cccc2c(=O)[nH]c(-c3ccc(CN4CC(C)(O)C4)cc3)cc12.O=CO. The Morgan fingerprint density at radius 3 is 2.39 bits per heavy atom. The number of benzene rings is 2. The highest BCUT2D eigenvalue weighted by Gasteiger charge is 2.35. The number of hydrogen-bond donors (Lipinski definition) is 3. The molecule has 1 fully saturated rings. The zero-order chi connectivity index (χ0) is 20.3. The van der Waals surface area contributed by atoms with Gasteiger partial charge >= 0.3 is 0 Å². The van der Waals surface area contributed by atoms with Crippen molar-refractivity contribution in [3.8, 4) is 11.3 Å². The molecule has 1 saturated heterocycles. The van der Waals surface area contributed by atoms with Crippen LogP contribution in [0.2, 0.25) is 0 Å². The third-order valence-corrected chi connectivity index (χ3v) is 4.91. The number of nitrogens with one attached hydrogen (secondary N) is 1. The first-order chi connectivity index (χ1) is 13.3. The van der Waals surface area contributed by atoms with Crippen LogP contribution >= 0.6 is 0 Å². The van der Waals surface area contributed by atoms with Gasteiger partial charge in [0.2, 0.25) is 0 Å². The fourth-order valence-electron chi connectivity index (χ4n) is 3.67. The number of β-amino-alcohol motifs (C(OH)–C–C–N with tert-alkyl or cyclic N) is 1. The highest BCUT2D eigenvalue weighted by atomic mass is 16.3. The summed E-state index contributed by atoms with van der Waals surface area (Å²) in [4.78, 5) is 25.9. The summed E-state index contributed by atoms with van der Waals surface area (Å²) in [5.74, 6) is 0. The molecule has 1 aromatic heterocycles. The number of aryl methyl sites for hydroxylation is 1. The van der Waals surface area contributed by atoms with Gasteiger partial charge in [0, 0.05) is 30.7 Å². The number of aromatic nitrogens is 1. The summed E-state index contributed by atoms with van der Waals surface area (Å²) in [5, 5.41) is 18.4. The predicted octanol–water partition coefficient (Wildman–Crippen LogP) is 2.77. The Balaban J connectivity index is 0.000000706. The summed E-state index contributed by atoms with van der Waals surface area (Å²) in [6.45, 7) is 5.91. The molecule has 0 amide bonds. The van der Waals surface area contributed by atoms with Crippen molar-refractivity contribution in [2.75, 3.05) is 13.1 Å². The lowest BCUT2D eigenvalue weighted by Gasteiger charge is -2.44. The molecule has 28 heavy (non-hydrogen) atoms. The molecule has 0 radical (unpaired) electrons. The van der Waals surface area contributed by atoms with E-state index in [1.165, 1.54) is 5.56 Å². The molecule has 4 rings (SSSR count). The minimum Gasteiger partial charge on any atom is -0.483 e. The van der Waals surface area contributed by atoms with Gasteiger partial charge in [-0.1, -0.05) is 36.4 Å². The van der Waals surface area contributed by atoms with E-state index in [4.69, 9.17) is 9.90 Å². The minimum atomic E-state index is -0.539. The van der Waals surface area contributed by atoms with Gasteiger partial charge in [0.1, 0.15) is 0 Å². The Morgan fingerprint density at radius 1 is 1.14 bits per heavy atom. The fraction of sp³-hybridized carbons (Fsp3) is 0.273. The number of aliphatic hydroxyl groups is 1. The van der Waals surface area contributed by atoms with Gasteiger partial charge in [0.25, 0.3) is 12.0 Å². The first-order valence-corrected chi connectivity index (χ1v) is 9.07. The van der Waals surface area contributed by atoms with E-state index in [9.17, 15) is 9.90 Å². The van der Waals surface area contributed by atoms with Crippen LogP contribution in [-0.4, -0.2) is 45.3 Å². The number of likely N-dealkylation sites (tertiary alicyclic amines) is 1. The van der Waals surface area contributed by atoms with Crippen LogP contribution in [0.4, 0.5) is 0 Å². The molecule has 0 atom stereocenters. The Morgan fingerprint density at radius 2 is 1.79 bits per heavy atom. The number of hydrogen-bond acceptors (Lipinski definition) is 4. The molecular weight excluding hydrogens is 356 g/mol. The van der Waals surface area contributed by atoms with Gasteiger partial charge in [-0.25, -0.2) is 0 Å². The molecule has 0 unspecified atom stereocenters.